The lowest BCUT2D eigenvalue weighted by molar-refractivity contribution is 0.373. The maximum Gasteiger partial charge on any atom is 0.519 e. The van der Waals surface area contributed by atoms with E-state index in [2.05, 4.69) is 0 Å². The lowest BCUT2D eigenvalue weighted by atomic mass is 10.3. The van der Waals surface area contributed by atoms with Crippen LogP contribution in [0.1, 0.15) is 0 Å². The van der Waals surface area contributed by atoms with Crippen LogP contribution in [0, 0.1) is 0 Å². The lowest BCUT2D eigenvalue weighted by Gasteiger charge is -1.92. The van der Waals surface area contributed by atoms with Crippen LogP contribution in [0.5, 0.6) is 0 Å². The SMILES string of the molecule is O=c1oc2ccc(cc2)oc2ccc(cc2)o1. The van der Waals surface area contributed by atoms with Gasteiger partial charge in [0.25, 0.3) is 0 Å². The van der Waals surface area contributed by atoms with Crippen molar-refractivity contribution in [2.24, 2.45) is 0 Å². The molecule has 0 radical (unpaired) electrons. The van der Waals surface area contributed by atoms with Gasteiger partial charge in [-0.3, -0.25) is 0 Å². The zero-order valence-corrected chi connectivity index (χ0v) is 8.75. The van der Waals surface area contributed by atoms with E-state index < -0.39 is 5.82 Å². The van der Waals surface area contributed by atoms with E-state index in [4.69, 9.17) is 13.3 Å². The number of hydrogen-bond donors (Lipinski definition) is 0. The Morgan fingerprint density at radius 2 is 0.824 bits per heavy atom. The van der Waals surface area contributed by atoms with E-state index in [1.54, 1.807) is 48.5 Å². The molecule has 0 aliphatic carbocycles. The van der Waals surface area contributed by atoms with Crippen molar-refractivity contribution in [2.75, 3.05) is 0 Å². The van der Waals surface area contributed by atoms with Crippen molar-refractivity contribution >= 4 is 22.3 Å². The van der Waals surface area contributed by atoms with Crippen LogP contribution in [0.2, 0.25) is 0 Å². The predicted molar refractivity (Wildman–Crippen MR) is 62.2 cm³/mol. The molecule has 0 amide bonds. The summed E-state index contributed by atoms with van der Waals surface area (Å²) in [4.78, 5) is 11.4. The van der Waals surface area contributed by atoms with Gasteiger partial charge in [-0.2, -0.15) is 0 Å². The molecule has 6 aromatic rings. The van der Waals surface area contributed by atoms with E-state index in [-0.39, 0.29) is 0 Å². The Hall–Kier alpha value is -2.49. The zero-order valence-electron chi connectivity index (χ0n) is 8.75. The molecule has 0 atom stereocenters. The minimum atomic E-state index is -0.757. The molecular formula is C13H8O4. The van der Waals surface area contributed by atoms with Gasteiger partial charge in [-0.15, -0.1) is 0 Å². The third-order valence-electron chi connectivity index (χ3n) is 2.29. The number of benzene rings is 2. The minimum Gasteiger partial charge on any atom is -0.457 e. The van der Waals surface area contributed by atoms with Crippen LogP contribution in [-0.2, 0) is 0 Å². The molecule has 4 heterocycles. The van der Waals surface area contributed by atoms with Gasteiger partial charge in [0, 0.05) is 0 Å². The first-order chi connectivity index (χ1) is 8.29. The maximum absolute atomic E-state index is 11.4. The molecule has 4 nitrogen and oxygen atoms in total. The highest BCUT2D eigenvalue weighted by Gasteiger charge is 1.92. The molecule has 4 heteroatoms. The lowest BCUT2D eigenvalue weighted by Crippen LogP contribution is -1.91. The van der Waals surface area contributed by atoms with Crippen LogP contribution in [0.25, 0.3) is 22.3 Å². The van der Waals surface area contributed by atoms with Gasteiger partial charge < -0.3 is 13.3 Å². The third kappa shape index (κ3) is 2.06. The largest absolute Gasteiger partial charge is 0.519 e. The van der Waals surface area contributed by atoms with Crippen LogP contribution < -0.4 is 5.82 Å². The van der Waals surface area contributed by atoms with Gasteiger partial charge >= 0.3 is 5.82 Å². The molecule has 4 bridgehead atoms. The minimum absolute atomic E-state index is 0.414. The quantitative estimate of drug-likeness (QED) is 0.592. The molecule has 4 aromatic heterocycles. The van der Waals surface area contributed by atoms with Crippen LogP contribution in [0.3, 0.4) is 0 Å². The highest BCUT2D eigenvalue weighted by Crippen LogP contribution is 2.10. The van der Waals surface area contributed by atoms with E-state index in [9.17, 15) is 4.79 Å². The summed E-state index contributed by atoms with van der Waals surface area (Å²) in [5.74, 6) is -0.757. The van der Waals surface area contributed by atoms with Crippen LogP contribution in [0.15, 0.2) is 66.6 Å². The molecule has 2 aromatic carbocycles. The Morgan fingerprint density at radius 1 is 0.529 bits per heavy atom. The molecule has 0 unspecified atom stereocenters. The van der Waals surface area contributed by atoms with Gasteiger partial charge in [0.15, 0.2) is 0 Å². The smallest absolute Gasteiger partial charge is 0.457 e. The summed E-state index contributed by atoms with van der Waals surface area (Å²) >= 11 is 0. The first-order valence-electron chi connectivity index (χ1n) is 5.07. The van der Waals surface area contributed by atoms with Crippen molar-refractivity contribution in [2.45, 2.75) is 0 Å². The highest BCUT2D eigenvalue weighted by molar-refractivity contribution is 5.56. The monoisotopic (exact) mass is 228 g/mol. The van der Waals surface area contributed by atoms with Gasteiger partial charge in [-0.05, 0) is 48.5 Å². The number of hydrogen-bond acceptors (Lipinski definition) is 4. The molecule has 0 aliphatic heterocycles. The van der Waals surface area contributed by atoms with Crippen LogP contribution >= 0.6 is 0 Å². The van der Waals surface area contributed by atoms with Crippen molar-refractivity contribution in [1.82, 2.24) is 0 Å². The summed E-state index contributed by atoms with van der Waals surface area (Å²) in [6.45, 7) is 0. The van der Waals surface area contributed by atoms with Crippen molar-refractivity contribution in [3.63, 3.8) is 0 Å². The summed E-state index contributed by atoms with van der Waals surface area (Å²) in [5.41, 5.74) is 2.19. The van der Waals surface area contributed by atoms with Gasteiger partial charge in [0.1, 0.15) is 22.3 Å². The maximum atomic E-state index is 11.4. The first-order valence-corrected chi connectivity index (χ1v) is 5.07. The fraction of sp³-hybridized carbons (Fsp3) is 0. The zero-order chi connectivity index (χ0) is 11.7. The normalized spacial score (nSPS) is 10.6. The van der Waals surface area contributed by atoms with Gasteiger partial charge in [-0.1, -0.05) is 0 Å². The average Bonchev–Trinajstić information content (AvgIpc) is 2.32. The molecule has 0 saturated carbocycles. The third-order valence-corrected chi connectivity index (χ3v) is 2.29. The van der Waals surface area contributed by atoms with Crippen molar-refractivity contribution < 1.29 is 13.3 Å². The predicted octanol–water partition coefficient (Wildman–Crippen LogP) is 3.26. The standard InChI is InChI=1S/C13H8O4/c14-13-16-11-5-1-9(2-6-11)15-10-3-7-12(17-13)8-4-10/h1-8H. The Kier molecular flexibility index (Phi) is 2.19. The first kappa shape index (κ1) is 9.72. The van der Waals surface area contributed by atoms with Crippen LogP contribution in [-0.4, -0.2) is 0 Å². The Bertz CT molecular complexity index is 672. The molecule has 84 valence electrons. The topological polar surface area (TPSA) is 56.5 Å². The molecule has 0 spiro atoms. The molecule has 6 rings (SSSR count). The van der Waals surface area contributed by atoms with Crippen molar-refractivity contribution in [3.8, 4) is 0 Å². The summed E-state index contributed by atoms with van der Waals surface area (Å²) < 4.78 is 15.5. The van der Waals surface area contributed by atoms with Crippen molar-refractivity contribution in [1.29, 1.82) is 0 Å². The van der Waals surface area contributed by atoms with Gasteiger partial charge in [0.2, 0.25) is 0 Å². The second-order valence-corrected chi connectivity index (χ2v) is 3.50. The Labute approximate surface area is 95.4 Å². The second-order valence-electron chi connectivity index (χ2n) is 3.50. The van der Waals surface area contributed by atoms with Crippen molar-refractivity contribution in [3.05, 3.63) is 59.1 Å². The summed E-state index contributed by atoms with van der Waals surface area (Å²) in [5, 5.41) is 0. The fourth-order valence-electron chi connectivity index (χ4n) is 1.50. The Balaban J connectivity index is 2.53. The molecule has 0 aliphatic rings. The molecular weight excluding hydrogens is 220 g/mol. The number of rotatable bonds is 0. The second kappa shape index (κ2) is 3.83. The van der Waals surface area contributed by atoms with E-state index in [1.807, 2.05) is 0 Å². The summed E-state index contributed by atoms with van der Waals surface area (Å²) in [6, 6.07) is 13.5. The van der Waals surface area contributed by atoms with Gasteiger partial charge in [0.05, 0.1) is 0 Å². The fourth-order valence-corrected chi connectivity index (χ4v) is 1.50. The average molecular weight is 228 g/mol. The van der Waals surface area contributed by atoms with E-state index in [0.29, 0.717) is 22.3 Å². The van der Waals surface area contributed by atoms with E-state index in [1.165, 1.54) is 0 Å². The molecule has 0 saturated heterocycles. The van der Waals surface area contributed by atoms with E-state index >= 15 is 0 Å². The van der Waals surface area contributed by atoms with E-state index in [0.717, 1.165) is 0 Å². The van der Waals surface area contributed by atoms with Crippen LogP contribution in [0.4, 0.5) is 0 Å². The Morgan fingerprint density at radius 3 is 1.18 bits per heavy atom. The molecule has 0 fully saturated rings. The highest BCUT2D eigenvalue weighted by atomic mass is 16.5. The summed E-state index contributed by atoms with van der Waals surface area (Å²) in [6.07, 6.45) is 0. The van der Waals surface area contributed by atoms with Gasteiger partial charge in [-0.25, -0.2) is 4.79 Å². The summed E-state index contributed by atoms with van der Waals surface area (Å²) in [7, 11) is 0. The molecule has 17 heavy (non-hydrogen) atoms. The molecule has 0 N–H and O–H groups in total.